The summed E-state index contributed by atoms with van der Waals surface area (Å²) in [4.78, 5) is 25.2. The van der Waals surface area contributed by atoms with E-state index in [9.17, 15) is 18.0 Å². The van der Waals surface area contributed by atoms with Crippen molar-refractivity contribution in [1.82, 2.24) is 4.31 Å². The lowest BCUT2D eigenvalue weighted by Gasteiger charge is -2.21. The maximum Gasteiger partial charge on any atom is 0.271 e. The number of hydrazone groups is 1. The summed E-state index contributed by atoms with van der Waals surface area (Å²) in [6, 6.07) is 13.1. The van der Waals surface area contributed by atoms with Crippen LogP contribution in [-0.2, 0) is 19.6 Å². The number of hydrogen-bond acceptors (Lipinski definition) is 7. The predicted octanol–water partition coefficient (Wildman–Crippen LogP) is 3.28. The molecule has 1 amide bonds. The number of nitrogens with zero attached hydrogens (tertiary/aromatic N) is 3. The molecule has 182 valence electrons. The van der Waals surface area contributed by atoms with Gasteiger partial charge in [0.25, 0.3) is 5.91 Å². The van der Waals surface area contributed by atoms with Gasteiger partial charge in [0, 0.05) is 25.2 Å². The van der Waals surface area contributed by atoms with E-state index >= 15 is 0 Å². The minimum absolute atomic E-state index is 0.0169. The highest BCUT2D eigenvalue weighted by Crippen LogP contribution is 2.31. The van der Waals surface area contributed by atoms with Gasteiger partial charge in [0.15, 0.2) is 5.78 Å². The van der Waals surface area contributed by atoms with Gasteiger partial charge < -0.3 is 10.1 Å². The van der Waals surface area contributed by atoms with Crippen molar-refractivity contribution in [3.63, 3.8) is 0 Å². The van der Waals surface area contributed by atoms with E-state index in [1.54, 1.807) is 31.8 Å². The third-order valence-electron chi connectivity index (χ3n) is 5.49. The number of carbonyl (C=O) groups is 2. The van der Waals surface area contributed by atoms with Gasteiger partial charge >= 0.3 is 0 Å². The number of amides is 1. The number of ether oxygens (including phenoxy) is 1. The SMILES string of the molecule is CCOc1ccc(NC(=O)C2=NN(c3ccccc3)C(C(C)=O)C2)cc1S(=O)(=O)N(CC)CC. The minimum atomic E-state index is -3.82. The number of nitrogens with one attached hydrogen (secondary N) is 1. The lowest BCUT2D eigenvalue weighted by molar-refractivity contribution is -0.118. The molecule has 0 saturated carbocycles. The Morgan fingerprint density at radius 2 is 1.79 bits per heavy atom. The van der Waals surface area contributed by atoms with Gasteiger partial charge in [-0.15, -0.1) is 0 Å². The monoisotopic (exact) mass is 486 g/mol. The third-order valence-corrected chi connectivity index (χ3v) is 7.56. The summed E-state index contributed by atoms with van der Waals surface area (Å²) in [6.45, 7) is 7.66. The van der Waals surface area contributed by atoms with E-state index in [1.807, 2.05) is 30.3 Å². The molecule has 1 heterocycles. The molecule has 9 nitrogen and oxygen atoms in total. The molecular formula is C24H30N4O5S. The van der Waals surface area contributed by atoms with Crippen LogP contribution in [0.5, 0.6) is 5.75 Å². The van der Waals surface area contributed by atoms with Gasteiger partial charge in [-0.25, -0.2) is 8.42 Å². The van der Waals surface area contributed by atoms with Crippen LogP contribution in [0.4, 0.5) is 11.4 Å². The second kappa shape index (κ2) is 10.8. The van der Waals surface area contributed by atoms with E-state index in [-0.39, 0.29) is 28.6 Å². The maximum atomic E-state index is 13.2. The Hall–Kier alpha value is -3.24. The Bertz CT molecular complexity index is 1180. The lowest BCUT2D eigenvalue weighted by atomic mass is 10.1. The molecule has 1 N–H and O–H groups in total. The second-order valence-corrected chi connectivity index (χ2v) is 9.60. The van der Waals surface area contributed by atoms with Crippen molar-refractivity contribution >= 4 is 38.8 Å². The van der Waals surface area contributed by atoms with Crippen LogP contribution in [0.1, 0.15) is 34.1 Å². The summed E-state index contributed by atoms with van der Waals surface area (Å²) < 4.78 is 33.2. The molecule has 1 aliphatic heterocycles. The standard InChI is InChI=1S/C24H30N4O5S/c1-5-27(6-2)34(31,32)23-15-18(13-14-22(23)33-7-3)25-24(30)20-16-21(17(4)29)28(26-20)19-11-9-8-10-12-19/h8-15,21H,5-7,16H2,1-4H3,(H,25,30). The minimum Gasteiger partial charge on any atom is -0.492 e. The van der Waals surface area contributed by atoms with Gasteiger partial charge in [-0.3, -0.25) is 14.6 Å². The first-order chi connectivity index (χ1) is 16.2. The largest absolute Gasteiger partial charge is 0.492 e. The summed E-state index contributed by atoms with van der Waals surface area (Å²) in [6.07, 6.45) is 0.150. The van der Waals surface area contributed by atoms with Gasteiger partial charge in [0.2, 0.25) is 10.0 Å². The first-order valence-corrected chi connectivity index (χ1v) is 12.7. The first kappa shape index (κ1) is 25.4. The average Bonchev–Trinajstić information content (AvgIpc) is 3.27. The van der Waals surface area contributed by atoms with E-state index < -0.39 is 22.0 Å². The fourth-order valence-electron chi connectivity index (χ4n) is 3.75. The van der Waals surface area contributed by atoms with E-state index in [1.165, 1.54) is 23.4 Å². The average molecular weight is 487 g/mol. The van der Waals surface area contributed by atoms with Gasteiger partial charge in [-0.2, -0.15) is 9.41 Å². The first-order valence-electron chi connectivity index (χ1n) is 11.2. The Labute approximate surface area is 200 Å². The van der Waals surface area contributed by atoms with E-state index in [2.05, 4.69) is 10.4 Å². The number of Topliss-reactive ketones (excluding diaryl/α,β-unsaturated/α-hetero) is 1. The van der Waals surface area contributed by atoms with Gasteiger partial charge in [0.05, 0.1) is 12.3 Å². The summed E-state index contributed by atoms with van der Waals surface area (Å²) in [7, 11) is -3.82. The number of benzene rings is 2. The van der Waals surface area contributed by atoms with Crippen LogP contribution >= 0.6 is 0 Å². The van der Waals surface area contributed by atoms with E-state index in [0.717, 1.165) is 0 Å². The fraction of sp³-hybridized carbons (Fsp3) is 0.375. The van der Waals surface area contributed by atoms with Gasteiger partial charge in [-0.05, 0) is 44.2 Å². The van der Waals surface area contributed by atoms with Crippen LogP contribution < -0.4 is 15.1 Å². The highest BCUT2D eigenvalue weighted by atomic mass is 32.2. The normalized spacial score (nSPS) is 15.9. The van der Waals surface area contributed by atoms with Crippen molar-refractivity contribution in [2.75, 3.05) is 30.0 Å². The molecule has 3 rings (SSSR count). The zero-order chi connectivity index (χ0) is 24.9. The highest BCUT2D eigenvalue weighted by molar-refractivity contribution is 7.89. The number of carbonyl (C=O) groups excluding carboxylic acids is 2. The molecule has 0 fully saturated rings. The summed E-state index contributed by atoms with van der Waals surface area (Å²) in [5.74, 6) is -0.387. The van der Waals surface area contributed by atoms with Crippen molar-refractivity contribution in [3.8, 4) is 5.75 Å². The van der Waals surface area contributed by atoms with Gasteiger partial charge in [0.1, 0.15) is 22.4 Å². The zero-order valence-electron chi connectivity index (χ0n) is 19.8. The molecule has 0 aliphatic carbocycles. The molecule has 2 aromatic rings. The lowest BCUT2D eigenvalue weighted by Crippen LogP contribution is -2.33. The van der Waals surface area contributed by atoms with Crippen LogP contribution in [0.2, 0.25) is 0 Å². The second-order valence-electron chi connectivity index (χ2n) is 7.70. The van der Waals surface area contributed by atoms with Crippen LogP contribution in [0.25, 0.3) is 0 Å². The van der Waals surface area contributed by atoms with Crippen molar-refractivity contribution in [2.45, 2.75) is 45.1 Å². The van der Waals surface area contributed by atoms with E-state index in [4.69, 9.17) is 4.74 Å². The summed E-state index contributed by atoms with van der Waals surface area (Å²) in [5.41, 5.74) is 1.18. The molecule has 0 aromatic heterocycles. The van der Waals surface area contributed by atoms with Gasteiger partial charge in [-0.1, -0.05) is 32.0 Å². The van der Waals surface area contributed by atoms with Crippen molar-refractivity contribution in [2.24, 2.45) is 5.10 Å². The fourth-order valence-corrected chi connectivity index (χ4v) is 5.37. The van der Waals surface area contributed by atoms with Crippen LogP contribution in [0.15, 0.2) is 58.5 Å². The Morgan fingerprint density at radius 1 is 1.12 bits per heavy atom. The number of rotatable bonds is 10. The zero-order valence-corrected chi connectivity index (χ0v) is 20.6. The number of sulfonamides is 1. The number of anilines is 2. The smallest absolute Gasteiger partial charge is 0.271 e. The Kier molecular flexibility index (Phi) is 8.06. The molecule has 1 atom stereocenters. The van der Waals surface area contributed by atoms with Crippen molar-refractivity contribution in [3.05, 3.63) is 48.5 Å². The molecular weight excluding hydrogens is 456 g/mol. The third kappa shape index (κ3) is 5.28. The van der Waals surface area contributed by atoms with Crippen LogP contribution in [0, 0.1) is 0 Å². The molecule has 1 aliphatic rings. The molecule has 0 bridgehead atoms. The van der Waals surface area contributed by atoms with E-state index in [0.29, 0.717) is 31.1 Å². The quantitative estimate of drug-likeness (QED) is 0.552. The molecule has 34 heavy (non-hydrogen) atoms. The number of ketones is 1. The molecule has 0 radical (unpaired) electrons. The maximum absolute atomic E-state index is 13.2. The summed E-state index contributed by atoms with van der Waals surface area (Å²) >= 11 is 0. The molecule has 0 spiro atoms. The Balaban J connectivity index is 1.90. The van der Waals surface area contributed by atoms with Crippen LogP contribution in [-0.4, -0.2) is 55.9 Å². The van der Waals surface area contributed by atoms with Crippen molar-refractivity contribution < 1.29 is 22.7 Å². The number of hydrogen-bond donors (Lipinski definition) is 1. The summed E-state index contributed by atoms with van der Waals surface area (Å²) in [5, 5.41) is 8.67. The Morgan fingerprint density at radius 3 is 2.38 bits per heavy atom. The van der Waals surface area contributed by atoms with Crippen LogP contribution in [0.3, 0.4) is 0 Å². The topological polar surface area (TPSA) is 108 Å². The number of para-hydroxylation sites is 1. The predicted molar refractivity (Wildman–Crippen MR) is 132 cm³/mol. The molecule has 2 aromatic carbocycles. The molecule has 0 saturated heterocycles. The molecule has 1 unspecified atom stereocenters. The van der Waals surface area contributed by atoms with Crippen molar-refractivity contribution in [1.29, 1.82) is 0 Å². The molecule has 10 heteroatoms. The highest BCUT2D eigenvalue weighted by Gasteiger charge is 2.34.